The van der Waals surface area contributed by atoms with E-state index < -0.39 is 0 Å². The van der Waals surface area contributed by atoms with Gasteiger partial charge in [-0.05, 0) is 80.5 Å². The minimum absolute atomic E-state index is 0.121. The van der Waals surface area contributed by atoms with E-state index in [1.807, 2.05) is 31.2 Å². The number of rotatable bonds is 6. The number of nitrogens with one attached hydrogen (secondary N) is 2. The quantitative estimate of drug-likeness (QED) is 0.517. The summed E-state index contributed by atoms with van der Waals surface area (Å²) in [5, 5.41) is 4.67. The van der Waals surface area contributed by atoms with Gasteiger partial charge in [0, 0.05) is 28.2 Å². The van der Waals surface area contributed by atoms with Gasteiger partial charge < -0.3 is 19.9 Å². The number of ether oxygens (including phenoxy) is 1. The number of thiocarbonyl (C=S) groups is 1. The van der Waals surface area contributed by atoms with Crippen molar-refractivity contribution in [3.63, 3.8) is 0 Å². The molecule has 0 amide bonds. The molecule has 3 aromatic rings. The molecule has 4 rings (SSSR count). The minimum Gasteiger partial charge on any atom is -0.494 e. The first-order valence-electron chi connectivity index (χ1n) is 10.7. The van der Waals surface area contributed by atoms with Gasteiger partial charge in [-0.1, -0.05) is 12.8 Å². The number of benzene rings is 2. The van der Waals surface area contributed by atoms with Crippen LogP contribution in [0.4, 0.5) is 10.1 Å². The van der Waals surface area contributed by atoms with Crippen LogP contribution in [0.15, 0.2) is 53.3 Å². The highest BCUT2D eigenvalue weighted by Crippen LogP contribution is 2.26. The number of hydrogen-bond donors (Lipinski definition) is 2. The van der Waals surface area contributed by atoms with Crippen LogP contribution in [0.5, 0.6) is 5.75 Å². The molecule has 0 saturated heterocycles. The van der Waals surface area contributed by atoms with Gasteiger partial charge in [-0.2, -0.15) is 0 Å². The number of anilines is 1. The average Bonchev–Trinajstić information content (AvgIpc) is 3.28. The molecule has 31 heavy (non-hydrogen) atoms. The van der Waals surface area contributed by atoms with Gasteiger partial charge in [0.25, 0.3) is 5.56 Å². The Hall–Kier alpha value is -2.93. The van der Waals surface area contributed by atoms with E-state index in [1.54, 1.807) is 12.1 Å². The molecule has 0 bridgehead atoms. The van der Waals surface area contributed by atoms with Crippen LogP contribution >= 0.6 is 12.2 Å². The molecule has 0 spiro atoms. The van der Waals surface area contributed by atoms with Crippen LogP contribution in [0.2, 0.25) is 0 Å². The number of fused-ring (bicyclic) bond motifs is 1. The molecule has 1 aliphatic rings. The number of pyridine rings is 1. The molecule has 1 aromatic heterocycles. The Bertz CT molecular complexity index is 1120. The number of H-pyrrole nitrogens is 1. The lowest BCUT2D eigenvalue weighted by atomic mass is 10.1. The largest absolute Gasteiger partial charge is 0.494 e. The van der Waals surface area contributed by atoms with Gasteiger partial charge >= 0.3 is 0 Å². The summed E-state index contributed by atoms with van der Waals surface area (Å²) >= 11 is 5.71. The third-order valence-electron chi connectivity index (χ3n) is 5.67. The monoisotopic (exact) mass is 439 g/mol. The average molecular weight is 440 g/mol. The molecule has 0 atom stereocenters. The lowest BCUT2D eigenvalue weighted by molar-refractivity contribution is 0.311. The third-order valence-corrected chi connectivity index (χ3v) is 6.00. The predicted molar refractivity (Wildman–Crippen MR) is 126 cm³/mol. The summed E-state index contributed by atoms with van der Waals surface area (Å²) in [6.45, 7) is 2.93. The SMILES string of the molecule is CCOc1ccc2[nH]c(=O)c(CN(C(=S)Nc3ccc(F)cc3)C3CCCC3)cc2c1. The summed E-state index contributed by atoms with van der Waals surface area (Å²) in [7, 11) is 0. The number of aromatic nitrogens is 1. The van der Waals surface area contributed by atoms with Crippen LogP contribution in [0.3, 0.4) is 0 Å². The van der Waals surface area contributed by atoms with Crippen molar-refractivity contribution >= 4 is 33.9 Å². The molecule has 162 valence electrons. The van der Waals surface area contributed by atoms with Crippen molar-refractivity contribution in [1.29, 1.82) is 0 Å². The summed E-state index contributed by atoms with van der Waals surface area (Å²) in [4.78, 5) is 17.9. The van der Waals surface area contributed by atoms with E-state index in [0.29, 0.717) is 23.8 Å². The fourth-order valence-electron chi connectivity index (χ4n) is 4.10. The molecule has 2 aromatic carbocycles. The third kappa shape index (κ3) is 5.05. The van der Waals surface area contributed by atoms with E-state index in [9.17, 15) is 9.18 Å². The first-order chi connectivity index (χ1) is 15.0. The Balaban J connectivity index is 1.62. The lowest BCUT2D eigenvalue weighted by Gasteiger charge is -2.31. The van der Waals surface area contributed by atoms with E-state index in [4.69, 9.17) is 17.0 Å². The van der Waals surface area contributed by atoms with Crippen LogP contribution in [0, 0.1) is 5.82 Å². The second kappa shape index (κ2) is 9.47. The highest BCUT2D eigenvalue weighted by molar-refractivity contribution is 7.80. The first-order valence-corrected chi connectivity index (χ1v) is 11.1. The Morgan fingerprint density at radius 1 is 1.19 bits per heavy atom. The summed E-state index contributed by atoms with van der Waals surface area (Å²) < 4.78 is 18.8. The van der Waals surface area contributed by atoms with Crippen LogP contribution in [0.1, 0.15) is 38.2 Å². The molecule has 2 N–H and O–H groups in total. The van der Waals surface area contributed by atoms with Crippen molar-refractivity contribution in [2.24, 2.45) is 0 Å². The summed E-state index contributed by atoms with van der Waals surface area (Å²) in [6, 6.07) is 14.0. The topological polar surface area (TPSA) is 57.4 Å². The standard InChI is InChI=1S/C24H26FN3O2S/c1-2-30-21-11-12-22-16(14-21)13-17(23(29)27-22)15-28(20-5-3-4-6-20)24(31)26-19-9-7-18(25)8-10-19/h7-14,20H,2-6,15H2,1H3,(H,26,31)(H,27,29). The number of aromatic amines is 1. The van der Waals surface area contributed by atoms with E-state index in [0.717, 1.165) is 48.0 Å². The molecule has 0 unspecified atom stereocenters. The normalized spacial score (nSPS) is 14.0. The van der Waals surface area contributed by atoms with Crippen LogP contribution < -0.4 is 15.6 Å². The fraction of sp³-hybridized carbons (Fsp3) is 0.333. The van der Waals surface area contributed by atoms with Crippen molar-refractivity contribution in [3.8, 4) is 5.75 Å². The lowest BCUT2D eigenvalue weighted by Crippen LogP contribution is -2.42. The molecule has 1 saturated carbocycles. The zero-order valence-electron chi connectivity index (χ0n) is 17.5. The van der Waals surface area contributed by atoms with Crippen molar-refractivity contribution in [2.75, 3.05) is 11.9 Å². The van der Waals surface area contributed by atoms with E-state index in [2.05, 4.69) is 15.2 Å². The van der Waals surface area contributed by atoms with Gasteiger partial charge in [-0.15, -0.1) is 0 Å². The zero-order valence-corrected chi connectivity index (χ0v) is 18.3. The highest BCUT2D eigenvalue weighted by Gasteiger charge is 2.26. The molecule has 7 heteroatoms. The highest BCUT2D eigenvalue weighted by atomic mass is 32.1. The Labute approximate surface area is 186 Å². The van der Waals surface area contributed by atoms with E-state index >= 15 is 0 Å². The second-order valence-corrected chi connectivity index (χ2v) is 8.20. The summed E-state index contributed by atoms with van der Waals surface area (Å²) in [5.41, 5.74) is 2.03. The summed E-state index contributed by atoms with van der Waals surface area (Å²) in [6.07, 6.45) is 4.36. The number of hydrogen-bond acceptors (Lipinski definition) is 3. The minimum atomic E-state index is -0.293. The van der Waals surface area contributed by atoms with E-state index in [1.165, 1.54) is 12.1 Å². The molecular weight excluding hydrogens is 413 g/mol. The van der Waals surface area contributed by atoms with Gasteiger partial charge in [0.2, 0.25) is 0 Å². The molecule has 0 radical (unpaired) electrons. The predicted octanol–water partition coefficient (Wildman–Crippen LogP) is 5.21. The second-order valence-electron chi connectivity index (χ2n) is 7.81. The smallest absolute Gasteiger partial charge is 0.253 e. The first kappa shape index (κ1) is 21.3. The Kier molecular flexibility index (Phi) is 6.51. The fourth-order valence-corrected chi connectivity index (χ4v) is 4.43. The van der Waals surface area contributed by atoms with E-state index in [-0.39, 0.29) is 17.4 Å². The van der Waals surface area contributed by atoms with Gasteiger partial charge in [-0.25, -0.2) is 4.39 Å². The van der Waals surface area contributed by atoms with Crippen molar-refractivity contribution in [3.05, 3.63) is 70.3 Å². The Morgan fingerprint density at radius 2 is 1.94 bits per heavy atom. The number of nitrogens with zero attached hydrogens (tertiary/aromatic N) is 1. The Morgan fingerprint density at radius 3 is 2.65 bits per heavy atom. The van der Waals surface area contributed by atoms with Crippen LogP contribution in [-0.2, 0) is 6.54 Å². The molecule has 1 fully saturated rings. The van der Waals surface area contributed by atoms with Gasteiger partial charge in [0.1, 0.15) is 11.6 Å². The number of halogens is 1. The maximum Gasteiger partial charge on any atom is 0.253 e. The van der Waals surface area contributed by atoms with Crippen LogP contribution in [-0.4, -0.2) is 27.6 Å². The molecule has 5 nitrogen and oxygen atoms in total. The molecule has 1 aliphatic carbocycles. The van der Waals surface area contributed by atoms with Crippen molar-refractivity contribution in [2.45, 2.75) is 45.2 Å². The molecule has 0 aliphatic heterocycles. The van der Waals surface area contributed by atoms with Crippen molar-refractivity contribution in [1.82, 2.24) is 9.88 Å². The van der Waals surface area contributed by atoms with Crippen LogP contribution in [0.25, 0.3) is 10.9 Å². The van der Waals surface area contributed by atoms with Gasteiger partial charge in [-0.3, -0.25) is 4.79 Å². The zero-order chi connectivity index (χ0) is 21.8. The molecule has 1 heterocycles. The maximum absolute atomic E-state index is 13.2. The van der Waals surface area contributed by atoms with Gasteiger partial charge in [0.15, 0.2) is 5.11 Å². The molecular formula is C24H26FN3O2S. The van der Waals surface area contributed by atoms with Gasteiger partial charge in [0.05, 0.1) is 13.2 Å². The maximum atomic E-state index is 13.2. The summed E-state index contributed by atoms with van der Waals surface area (Å²) in [5.74, 6) is 0.479. The van der Waals surface area contributed by atoms with Crippen molar-refractivity contribution < 1.29 is 9.13 Å².